The first kappa shape index (κ1) is 13.1. The van der Waals surface area contributed by atoms with Gasteiger partial charge in [0.2, 0.25) is 0 Å². The van der Waals surface area contributed by atoms with Crippen LogP contribution in [-0.4, -0.2) is 35.0 Å². The van der Waals surface area contributed by atoms with Crippen molar-refractivity contribution in [2.24, 2.45) is 0 Å². The summed E-state index contributed by atoms with van der Waals surface area (Å²) in [5.74, 6) is 0.790. The molecule has 1 atom stereocenters. The van der Waals surface area contributed by atoms with Crippen LogP contribution in [0.1, 0.15) is 12.7 Å². The molecule has 0 saturated carbocycles. The van der Waals surface area contributed by atoms with Crippen LogP contribution in [-0.2, 0) is 17.8 Å². The number of rotatable bonds is 3. The zero-order valence-electron chi connectivity index (χ0n) is 10.7. The van der Waals surface area contributed by atoms with Crippen molar-refractivity contribution >= 4 is 27.7 Å². The number of nitrogens with one attached hydrogen (secondary N) is 1. The molecule has 0 aliphatic heterocycles. The normalized spacial score (nSPS) is 13.2. The molecule has 3 rings (SSSR count). The molecule has 2 aromatic heterocycles. The molecule has 0 fully saturated rings. The second kappa shape index (κ2) is 4.89. The van der Waals surface area contributed by atoms with E-state index in [-0.39, 0.29) is 12.4 Å². The molecule has 7 nitrogen and oxygen atoms in total. The molecule has 1 unspecified atom stereocenters. The number of aromatic nitrogens is 4. The van der Waals surface area contributed by atoms with Gasteiger partial charge in [-0.05, 0) is 30.2 Å². The Kier molecular flexibility index (Phi) is 3.20. The number of benzene rings is 1. The number of nitrogens with zero attached hydrogens (tertiary/aromatic N) is 3. The van der Waals surface area contributed by atoms with Gasteiger partial charge in [0.1, 0.15) is 18.0 Å². The molecule has 0 amide bonds. The minimum absolute atomic E-state index is 0.276. The Bertz CT molecular complexity index is 842. The highest BCUT2D eigenvalue weighted by Crippen LogP contribution is 2.20. The highest BCUT2D eigenvalue weighted by molar-refractivity contribution is 7.91. The van der Waals surface area contributed by atoms with Gasteiger partial charge in [-0.1, -0.05) is 0 Å². The van der Waals surface area contributed by atoms with E-state index < -0.39 is 16.9 Å². The smallest absolute Gasteiger partial charge is 0.370 e. The number of hydrogen-bond acceptors (Lipinski definition) is 5. The number of aliphatic hydroxyl groups excluding tert-OH is 1. The summed E-state index contributed by atoms with van der Waals surface area (Å²) in [5, 5.41) is 13.7. The minimum Gasteiger partial charge on any atom is -0.611 e. The second-order valence-electron chi connectivity index (χ2n) is 4.20. The minimum atomic E-state index is -1.09. The summed E-state index contributed by atoms with van der Waals surface area (Å²) < 4.78 is 13.0. The van der Waals surface area contributed by atoms with Gasteiger partial charge in [0, 0.05) is 11.5 Å². The number of aromatic amines is 1. The Morgan fingerprint density at radius 3 is 3.00 bits per heavy atom. The van der Waals surface area contributed by atoms with E-state index in [9.17, 15) is 9.35 Å². The van der Waals surface area contributed by atoms with Crippen LogP contribution < -0.4 is 5.69 Å². The fourth-order valence-electron chi connectivity index (χ4n) is 2.04. The highest BCUT2D eigenvalue weighted by Gasteiger charge is 2.14. The van der Waals surface area contributed by atoms with Crippen molar-refractivity contribution in [3.05, 3.63) is 34.5 Å². The fourth-order valence-corrected chi connectivity index (χ4v) is 2.84. The predicted molar refractivity (Wildman–Crippen MR) is 74.0 cm³/mol. The zero-order chi connectivity index (χ0) is 14.3. The Balaban J connectivity index is 2.37. The summed E-state index contributed by atoms with van der Waals surface area (Å²) in [4.78, 5) is 19.3. The first-order chi connectivity index (χ1) is 9.63. The van der Waals surface area contributed by atoms with E-state index >= 15 is 0 Å². The van der Waals surface area contributed by atoms with Crippen molar-refractivity contribution in [3.8, 4) is 0 Å². The molecule has 0 radical (unpaired) electrons. The fraction of sp³-hybridized carbons (Fsp3) is 0.250. The number of fused-ring (bicyclic) bond motifs is 3. The maximum atomic E-state index is 11.9. The molecule has 0 aliphatic rings. The Morgan fingerprint density at radius 2 is 2.30 bits per heavy atom. The molecule has 20 heavy (non-hydrogen) atoms. The van der Waals surface area contributed by atoms with Crippen molar-refractivity contribution in [3.63, 3.8) is 0 Å². The third-order valence-electron chi connectivity index (χ3n) is 2.99. The van der Waals surface area contributed by atoms with Gasteiger partial charge in [0.15, 0.2) is 10.7 Å². The molecule has 8 heteroatoms. The van der Waals surface area contributed by atoms with Crippen LogP contribution in [0.4, 0.5) is 0 Å². The van der Waals surface area contributed by atoms with E-state index in [1.807, 2.05) is 6.92 Å². The molecule has 2 N–H and O–H groups in total. The standard InChI is InChI=1S/C12H12N4O3S/c1-2-20(19)7-3-4-9-8(5-7)11-14-10(6-17)15-16(11)12(18)13-9/h3-5,17H,2,6H2,1H3,(H,14,15). The van der Waals surface area contributed by atoms with E-state index in [0.29, 0.717) is 27.2 Å². The second-order valence-corrected chi connectivity index (χ2v) is 5.94. The number of aliphatic hydroxyl groups is 1. The van der Waals surface area contributed by atoms with Crippen LogP contribution in [0.15, 0.2) is 27.9 Å². The molecular weight excluding hydrogens is 280 g/mol. The summed E-state index contributed by atoms with van der Waals surface area (Å²) in [7, 11) is 0. The highest BCUT2D eigenvalue weighted by atomic mass is 32.2. The van der Waals surface area contributed by atoms with Gasteiger partial charge in [-0.3, -0.25) is 0 Å². The molecular formula is C12H12N4O3S. The largest absolute Gasteiger partial charge is 0.611 e. The lowest BCUT2D eigenvalue weighted by molar-refractivity contribution is 0.271. The van der Waals surface area contributed by atoms with Gasteiger partial charge in [0.25, 0.3) is 0 Å². The lowest BCUT2D eigenvalue weighted by atomic mass is 10.2. The lowest BCUT2D eigenvalue weighted by Crippen LogP contribution is -2.17. The van der Waals surface area contributed by atoms with E-state index in [1.54, 1.807) is 18.2 Å². The van der Waals surface area contributed by atoms with E-state index in [2.05, 4.69) is 15.1 Å². The van der Waals surface area contributed by atoms with Gasteiger partial charge >= 0.3 is 5.69 Å². The first-order valence-corrected chi connectivity index (χ1v) is 7.37. The summed E-state index contributed by atoms with van der Waals surface area (Å²) in [6, 6.07) is 5.10. The molecule has 0 bridgehead atoms. The number of H-pyrrole nitrogens is 1. The molecule has 3 aromatic rings. The molecule has 0 saturated heterocycles. The summed E-state index contributed by atoms with van der Waals surface area (Å²) in [6.45, 7) is 1.53. The molecule has 1 aromatic carbocycles. The van der Waals surface area contributed by atoms with Gasteiger partial charge in [-0.25, -0.2) is 4.79 Å². The zero-order valence-corrected chi connectivity index (χ0v) is 11.5. The van der Waals surface area contributed by atoms with Crippen LogP contribution in [0.5, 0.6) is 0 Å². The van der Waals surface area contributed by atoms with Crippen LogP contribution in [0, 0.1) is 0 Å². The van der Waals surface area contributed by atoms with E-state index in [4.69, 9.17) is 5.11 Å². The quantitative estimate of drug-likeness (QED) is 0.670. The summed E-state index contributed by atoms with van der Waals surface area (Å²) in [5.41, 5.74) is 0.423. The van der Waals surface area contributed by atoms with Crippen LogP contribution >= 0.6 is 0 Å². The van der Waals surface area contributed by atoms with Crippen LogP contribution in [0.3, 0.4) is 0 Å². The van der Waals surface area contributed by atoms with E-state index in [1.165, 1.54) is 0 Å². The number of hydrogen-bond donors (Lipinski definition) is 2. The Morgan fingerprint density at radius 1 is 1.50 bits per heavy atom. The molecule has 2 heterocycles. The van der Waals surface area contributed by atoms with Gasteiger partial charge in [-0.2, -0.15) is 9.50 Å². The average Bonchev–Trinajstić information content (AvgIpc) is 2.91. The van der Waals surface area contributed by atoms with E-state index in [0.717, 1.165) is 4.52 Å². The summed E-state index contributed by atoms with van der Waals surface area (Å²) in [6.07, 6.45) is 0. The van der Waals surface area contributed by atoms with Crippen LogP contribution in [0.25, 0.3) is 16.6 Å². The third kappa shape index (κ3) is 1.98. The third-order valence-corrected chi connectivity index (χ3v) is 4.29. The monoisotopic (exact) mass is 292 g/mol. The Hall–Kier alpha value is -1.90. The lowest BCUT2D eigenvalue weighted by Gasteiger charge is -2.08. The topological polar surface area (TPSA) is 106 Å². The van der Waals surface area contributed by atoms with Gasteiger partial charge in [-0.15, -0.1) is 5.10 Å². The SMILES string of the molecule is CC[S+]([O-])c1ccc2nc(=O)n3nc(CO)[nH]c3c2c1. The van der Waals surface area contributed by atoms with Crippen molar-refractivity contribution in [1.29, 1.82) is 0 Å². The summed E-state index contributed by atoms with van der Waals surface area (Å²) >= 11 is -1.09. The van der Waals surface area contributed by atoms with Crippen molar-refractivity contribution in [2.45, 2.75) is 18.4 Å². The van der Waals surface area contributed by atoms with Crippen LogP contribution in [0.2, 0.25) is 0 Å². The first-order valence-electron chi connectivity index (χ1n) is 6.05. The van der Waals surface area contributed by atoms with Crippen molar-refractivity contribution < 1.29 is 9.66 Å². The maximum absolute atomic E-state index is 11.9. The predicted octanol–water partition coefficient (Wildman–Crippen LogP) is 0.191. The average molecular weight is 292 g/mol. The molecule has 0 aliphatic carbocycles. The van der Waals surface area contributed by atoms with Gasteiger partial charge in [0.05, 0.1) is 5.52 Å². The molecule has 0 spiro atoms. The van der Waals surface area contributed by atoms with Crippen molar-refractivity contribution in [1.82, 2.24) is 19.6 Å². The maximum Gasteiger partial charge on any atom is 0.370 e. The Labute approximate surface area is 116 Å². The van der Waals surface area contributed by atoms with Gasteiger partial charge < -0.3 is 14.6 Å². The van der Waals surface area contributed by atoms with Crippen molar-refractivity contribution in [2.75, 3.05) is 5.75 Å². The molecule has 104 valence electrons.